The highest BCUT2D eigenvalue weighted by Crippen LogP contribution is 2.25. The van der Waals surface area contributed by atoms with Crippen LogP contribution < -0.4 is 0 Å². The molecule has 0 aliphatic carbocycles. The smallest absolute Gasteiger partial charge is 0.226 e. The van der Waals surface area contributed by atoms with E-state index in [0.717, 1.165) is 42.9 Å². The third-order valence-electron chi connectivity index (χ3n) is 4.59. The molecule has 2 aliphatic heterocycles. The first-order valence-electron chi connectivity index (χ1n) is 8.43. The third-order valence-corrected chi connectivity index (χ3v) is 4.83. The molecule has 4 nitrogen and oxygen atoms in total. The van der Waals surface area contributed by atoms with Crippen LogP contribution in [0.15, 0.2) is 18.2 Å². The lowest BCUT2D eigenvalue weighted by atomic mass is 9.98. The van der Waals surface area contributed by atoms with Gasteiger partial charge in [0.2, 0.25) is 5.91 Å². The monoisotopic (exact) mass is 337 g/mol. The maximum atomic E-state index is 12.6. The van der Waals surface area contributed by atoms with E-state index in [4.69, 9.17) is 21.1 Å². The Morgan fingerprint density at radius 2 is 2.22 bits per heavy atom. The number of hydrogen-bond donors (Lipinski definition) is 0. The summed E-state index contributed by atoms with van der Waals surface area (Å²) in [5.41, 5.74) is 2.36. The van der Waals surface area contributed by atoms with Crippen LogP contribution in [0.3, 0.4) is 0 Å². The van der Waals surface area contributed by atoms with Crippen LogP contribution in [-0.4, -0.2) is 36.9 Å². The second-order valence-electron chi connectivity index (χ2n) is 6.44. The van der Waals surface area contributed by atoms with Crippen LogP contribution in [0, 0.1) is 5.92 Å². The normalized spacial score (nSPS) is 25.1. The van der Waals surface area contributed by atoms with Crippen molar-refractivity contribution in [3.05, 3.63) is 34.3 Å². The fourth-order valence-electron chi connectivity index (χ4n) is 3.28. The number of benzene rings is 1. The number of nitrogens with zero attached hydrogens (tertiary/aromatic N) is 1. The van der Waals surface area contributed by atoms with E-state index in [9.17, 15) is 4.79 Å². The molecule has 0 N–H and O–H groups in total. The van der Waals surface area contributed by atoms with Gasteiger partial charge in [0.25, 0.3) is 0 Å². The van der Waals surface area contributed by atoms with Crippen LogP contribution in [0.25, 0.3) is 0 Å². The lowest BCUT2D eigenvalue weighted by Gasteiger charge is -2.26. The molecule has 0 radical (unpaired) electrons. The van der Waals surface area contributed by atoms with Gasteiger partial charge in [-0.1, -0.05) is 24.6 Å². The van der Waals surface area contributed by atoms with Gasteiger partial charge in [0.05, 0.1) is 6.61 Å². The lowest BCUT2D eigenvalue weighted by molar-refractivity contribution is -0.166. The molecule has 0 aromatic heterocycles. The number of halogens is 1. The average molecular weight is 338 g/mol. The fourth-order valence-corrected chi connectivity index (χ4v) is 3.47. The highest BCUT2D eigenvalue weighted by Gasteiger charge is 2.26. The summed E-state index contributed by atoms with van der Waals surface area (Å²) in [5, 5.41) is 0.720. The Morgan fingerprint density at radius 1 is 1.35 bits per heavy atom. The van der Waals surface area contributed by atoms with Crippen LogP contribution in [-0.2, 0) is 27.2 Å². The summed E-state index contributed by atoms with van der Waals surface area (Å²) in [5.74, 6) is 0.175. The van der Waals surface area contributed by atoms with Gasteiger partial charge < -0.3 is 14.4 Å². The van der Waals surface area contributed by atoms with Gasteiger partial charge in [-0.25, -0.2) is 0 Å². The van der Waals surface area contributed by atoms with Crippen molar-refractivity contribution in [3.63, 3.8) is 0 Å². The van der Waals surface area contributed by atoms with E-state index in [2.05, 4.69) is 0 Å². The van der Waals surface area contributed by atoms with Crippen LogP contribution in [0.2, 0.25) is 5.02 Å². The van der Waals surface area contributed by atoms with Crippen molar-refractivity contribution in [3.8, 4) is 0 Å². The number of carbonyl (C=O) groups excluding carboxylic acids is 1. The fraction of sp³-hybridized carbons (Fsp3) is 0.611. The molecule has 0 saturated carbocycles. The average Bonchev–Trinajstić information content (AvgIpc) is 2.67. The Kier molecular flexibility index (Phi) is 5.57. The van der Waals surface area contributed by atoms with E-state index in [1.165, 1.54) is 5.56 Å². The maximum Gasteiger partial charge on any atom is 0.226 e. The summed E-state index contributed by atoms with van der Waals surface area (Å²) in [6.45, 7) is 4.47. The molecule has 2 atom stereocenters. The Morgan fingerprint density at radius 3 is 3.00 bits per heavy atom. The molecule has 2 heterocycles. The third kappa shape index (κ3) is 4.25. The predicted molar refractivity (Wildman–Crippen MR) is 89.3 cm³/mol. The van der Waals surface area contributed by atoms with Crippen LogP contribution >= 0.6 is 11.6 Å². The maximum absolute atomic E-state index is 12.6. The van der Waals surface area contributed by atoms with Crippen molar-refractivity contribution in [2.75, 3.05) is 19.8 Å². The standard InChI is InChI=1S/C18H24ClNO3/c1-13-10-14-5-6-16(19)11-15(14)12-20(18(13)21)7-9-23-17-4-2-3-8-22-17/h5-6,11,13,17H,2-4,7-10,12H2,1H3. The van der Waals surface area contributed by atoms with Crippen molar-refractivity contribution in [2.24, 2.45) is 5.92 Å². The molecule has 3 rings (SSSR count). The van der Waals surface area contributed by atoms with Crippen molar-refractivity contribution in [1.82, 2.24) is 4.90 Å². The summed E-state index contributed by atoms with van der Waals surface area (Å²) < 4.78 is 11.3. The molecule has 1 amide bonds. The Hall–Kier alpha value is -1.10. The predicted octanol–water partition coefficient (Wildman–Crippen LogP) is 3.40. The molecule has 1 saturated heterocycles. The molecule has 1 aromatic carbocycles. The number of amides is 1. The molecule has 1 aromatic rings. The molecular formula is C18H24ClNO3. The lowest BCUT2D eigenvalue weighted by Crippen LogP contribution is -2.37. The first kappa shape index (κ1) is 16.7. The quantitative estimate of drug-likeness (QED) is 0.845. The largest absolute Gasteiger partial charge is 0.353 e. The van der Waals surface area contributed by atoms with Gasteiger partial charge in [-0.05, 0) is 48.9 Å². The summed E-state index contributed by atoms with van der Waals surface area (Å²) in [6, 6.07) is 5.91. The summed E-state index contributed by atoms with van der Waals surface area (Å²) in [4.78, 5) is 14.5. The zero-order valence-electron chi connectivity index (χ0n) is 13.6. The first-order chi connectivity index (χ1) is 11.1. The van der Waals surface area contributed by atoms with E-state index < -0.39 is 0 Å². The highest BCUT2D eigenvalue weighted by atomic mass is 35.5. The molecule has 2 unspecified atom stereocenters. The number of carbonyl (C=O) groups is 1. The molecule has 23 heavy (non-hydrogen) atoms. The number of rotatable bonds is 4. The van der Waals surface area contributed by atoms with Gasteiger partial charge in [-0.2, -0.15) is 0 Å². The first-order valence-corrected chi connectivity index (χ1v) is 8.80. The Balaban J connectivity index is 1.62. The number of ether oxygens (including phenoxy) is 2. The van der Waals surface area contributed by atoms with Crippen molar-refractivity contribution >= 4 is 17.5 Å². The van der Waals surface area contributed by atoms with Crippen LogP contribution in [0.5, 0.6) is 0 Å². The molecule has 1 fully saturated rings. The molecule has 0 bridgehead atoms. The molecular weight excluding hydrogens is 314 g/mol. The Bertz CT molecular complexity index is 557. The van der Waals surface area contributed by atoms with Gasteiger partial charge >= 0.3 is 0 Å². The minimum absolute atomic E-state index is 0.0108. The summed E-state index contributed by atoms with van der Waals surface area (Å²) in [6.07, 6.45) is 3.87. The highest BCUT2D eigenvalue weighted by molar-refractivity contribution is 6.30. The number of hydrogen-bond acceptors (Lipinski definition) is 3. The molecule has 5 heteroatoms. The van der Waals surface area contributed by atoms with E-state index in [0.29, 0.717) is 19.7 Å². The minimum Gasteiger partial charge on any atom is -0.353 e. The van der Waals surface area contributed by atoms with Gasteiger partial charge in [0, 0.05) is 30.6 Å². The minimum atomic E-state index is -0.106. The van der Waals surface area contributed by atoms with Gasteiger partial charge in [-0.3, -0.25) is 4.79 Å². The van der Waals surface area contributed by atoms with E-state index in [1.54, 1.807) is 0 Å². The van der Waals surface area contributed by atoms with Crippen molar-refractivity contribution in [2.45, 2.75) is 45.4 Å². The van der Waals surface area contributed by atoms with E-state index in [-0.39, 0.29) is 18.1 Å². The van der Waals surface area contributed by atoms with Crippen LogP contribution in [0.1, 0.15) is 37.3 Å². The topological polar surface area (TPSA) is 38.8 Å². The zero-order valence-corrected chi connectivity index (χ0v) is 14.3. The van der Waals surface area contributed by atoms with Crippen molar-refractivity contribution in [1.29, 1.82) is 0 Å². The number of fused-ring (bicyclic) bond motifs is 1. The van der Waals surface area contributed by atoms with Crippen molar-refractivity contribution < 1.29 is 14.3 Å². The van der Waals surface area contributed by atoms with Gasteiger partial charge in [0.1, 0.15) is 0 Å². The summed E-state index contributed by atoms with van der Waals surface area (Å²) >= 11 is 6.11. The molecule has 0 spiro atoms. The molecule has 126 valence electrons. The second kappa shape index (κ2) is 7.65. The van der Waals surface area contributed by atoms with E-state index in [1.807, 2.05) is 30.0 Å². The summed E-state index contributed by atoms with van der Waals surface area (Å²) in [7, 11) is 0. The van der Waals surface area contributed by atoms with Gasteiger partial charge in [-0.15, -0.1) is 0 Å². The van der Waals surface area contributed by atoms with Gasteiger partial charge in [0.15, 0.2) is 6.29 Å². The second-order valence-corrected chi connectivity index (χ2v) is 6.88. The Labute approximate surface area is 142 Å². The SMILES string of the molecule is CC1Cc2ccc(Cl)cc2CN(CCOC2CCCCO2)C1=O. The molecule has 2 aliphatic rings. The van der Waals surface area contributed by atoms with Crippen LogP contribution in [0.4, 0.5) is 0 Å². The zero-order chi connectivity index (χ0) is 16.2. The van der Waals surface area contributed by atoms with E-state index >= 15 is 0 Å².